The van der Waals surface area contributed by atoms with Crippen LogP contribution in [-0.2, 0) is 9.59 Å². The van der Waals surface area contributed by atoms with Gasteiger partial charge in [-0.1, -0.05) is 26.2 Å². The van der Waals surface area contributed by atoms with E-state index in [0.29, 0.717) is 13.1 Å². The van der Waals surface area contributed by atoms with Crippen LogP contribution >= 0.6 is 0 Å². The first kappa shape index (κ1) is 14.7. The lowest BCUT2D eigenvalue weighted by molar-refractivity contribution is -0.132. The molecule has 0 bridgehead atoms. The number of unbranched alkanes of at least 4 members (excludes halogenated alkanes) is 3. The summed E-state index contributed by atoms with van der Waals surface area (Å²) in [5, 5.41) is 8.41. The van der Waals surface area contributed by atoms with Crippen LogP contribution in [0.15, 0.2) is 12.2 Å². The highest BCUT2D eigenvalue weighted by atomic mass is 16.4. The van der Waals surface area contributed by atoms with Gasteiger partial charge >= 0.3 is 5.97 Å². The average molecular weight is 227 g/mol. The van der Waals surface area contributed by atoms with Crippen molar-refractivity contribution < 1.29 is 14.7 Å². The molecule has 4 nitrogen and oxygen atoms in total. The molecule has 0 aliphatic carbocycles. The molecule has 92 valence electrons. The Morgan fingerprint density at radius 3 is 2.31 bits per heavy atom. The van der Waals surface area contributed by atoms with Crippen LogP contribution < -0.4 is 0 Å². The Balaban J connectivity index is 3.97. The molecule has 0 unspecified atom stereocenters. The molecule has 0 aliphatic heterocycles. The molecule has 1 amide bonds. The van der Waals surface area contributed by atoms with Gasteiger partial charge in [0.25, 0.3) is 0 Å². The second-order valence-electron chi connectivity index (χ2n) is 3.65. The van der Waals surface area contributed by atoms with Gasteiger partial charge in [-0.3, -0.25) is 4.79 Å². The highest BCUT2D eigenvalue weighted by Gasteiger charge is 2.07. The van der Waals surface area contributed by atoms with Crippen molar-refractivity contribution in [1.82, 2.24) is 4.90 Å². The topological polar surface area (TPSA) is 57.6 Å². The molecule has 0 saturated carbocycles. The summed E-state index contributed by atoms with van der Waals surface area (Å²) in [4.78, 5) is 23.4. The summed E-state index contributed by atoms with van der Waals surface area (Å²) < 4.78 is 0. The SMILES string of the molecule is CCCCCCN(CC)C(=O)C=CC(=O)O. The van der Waals surface area contributed by atoms with Gasteiger partial charge in [0, 0.05) is 25.2 Å². The number of carbonyl (C=O) groups excluding carboxylic acids is 1. The summed E-state index contributed by atoms with van der Waals surface area (Å²) in [7, 11) is 0. The first-order valence-corrected chi connectivity index (χ1v) is 5.81. The third kappa shape index (κ3) is 7.04. The molecule has 0 aromatic rings. The molecule has 0 atom stereocenters. The standard InChI is InChI=1S/C12H21NO3/c1-3-5-6-7-10-13(4-2)11(14)8-9-12(15)16/h8-9H,3-7,10H2,1-2H3,(H,15,16). The summed E-state index contributed by atoms with van der Waals surface area (Å²) in [5.41, 5.74) is 0. The van der Waals surface area contributed by atoms with E-state index in [2.05, 4.69) is 6.92 Å². The van der Waals surface area contributed by atoms with Gasteiger partial charge in [0.15, 0.2) is 0 Å². The summed E-state index contributed by atoms with van der Waals surface area (Å²) in [5.74, 6) is -1.31. The minimum atomic E-state index is -1.09. The lowest BCUT2D eigenvalue weighted by Gasteiger charge is -2.18. The maximum Gasteiger partial charge on any atom is 0.328 e. The van der Waals surface area contributed by atoms with Gasteiger partial charge in [-0.05, 0) is 13.3 Å². The Kier molecular flexibility index (Phi) is 8.21. The number of carboxylic acids is 1. The van der Waals surface area contributed by atoms with E-state index in [4.69, 9.17) is 5.11 Å². The number of aliphatic carboxylic acids is 1. The number of hydrogen-bond acceptors (Lipinski definition) is 2. The monoisotopic (exact) mass is 227 g/mol. The molecule has 0 spiro atoms. The van der Waals surface area contributed by atoms with E-state index < -0.39 is 5.97 Å². The van der Waals surface area contributed by atoms with Crippen molar-refractivity contribution in [3.63, 3.8) is 0 Å². The molecule has 0 aromatic heterocycles. The summed E-state index contributed by atoms with van der Waals surface area (Å²) >= 11 is 0. The van der Waals surface area contributed by atoms with E-state index in [9.17, 15) is 9.59 Å². The van der Waals surface area contributed by atoms with Crippen molar-refractivity contribution in [1.29, 1.82) is 0 Å². The van der Waals surface area contributed by atoms with E-state index in [1.165, 1.54) is 12.8 Å². The molecule has 1 N–H and O–H groups in total. The molecule has 0 radical (unpaired) electrons. The molecule has 0 rings (SSSR count). The Bertz CT molecular complexity index is 249. The van der Waals surface area contributed by atoms with Crippen LogP contribution in [0.2, 0.25) is 0 Å². The summed E-state index contributed by atoms with van der Waals surface area (Å²) in [6, 6.07) is 0. The molecule has 0 aromatic carbocycles. The van der Waals surface area contributed by atoms with Crippen molar-refractivity contribution >= 4 is 11.9 Å². The van der Waals surface area contributed by atoms with E-state index in [-0.39, 0.29) is 5.91 Å². The molecule has 16 heavy (non-hydrogen) atoms. The Labute approximate surface area is 96.9 Å². The second kappa shape index (κ2) is 8.95. The van der Waals surface area contributed by atoms with Crippen LogP contribution in [0.5, 0.6) is 0 Å². The first-order chi connectivity index (χ1) is 7.61. The van der Waals surface area contributed by atoms with Crippen LogP contribution in [0.1, 0.15) is 39.5 Å². The highest BCUT2D eigenvalue weighted by molar-refractivity contribution is 5.93. The second-order valence-corrected chi connectivity index (χ2v) is 3.65. The lowest BCUT2D eigenvalue weighted by atomic mass is 10.2. The van der Waals surface area contributed by atoms with Crippen LogP contribution in [-0.4, -0.2) is 35.0 Å². The largest absolute Gasteiger partial charge is 0.478 e. The molecule has 0 aliphatic rings. The predicted octanol–water partition coefficient (Wildman–Crippen LogP) is 2.06. The summed E-state index contributed by atoms with van der Waals surface area (Å²) in [6.07, 6.45) is 6.44. The Morgan fingerprint density at radius 1 is 1.12 bits per heavy atom. The van der Waals surface area contributed by atoms with E-state index >= 15 is 0 Å². The van der Waals surface area contributed by atoms with E-state index in [1.807, 2.05) is 6.92 Å². The lowest BCUT2D eigenvalue weighted by Crippen LogP contribution is -2.30. The molecule has 0 saturated heterocycles. The fourth-order valence-corrected chi connectivity index (χ4v) is 1.40. The number of rotatable bonds is 8. The molecular formula is C12H21NO3. The molecule has 4 heteroatoms. The van der Waals surface area contributed by atoms with Gasteiger partial charge in [0.1, 0.15) is 0 Å². The Morgan fingerprint density at radius 2 is 1.81 bits per heavy atom. The number of carbonyl (C=O) groups is 2. The van der Waals surface area contributed by atoms with Crippen LogP contribution in [0, 0.1) is 0 Å². The zero-order chi connectivity index (χ0) is 12.4. The number of carboxylic acid groups (broad SMARTS) is 1. The quantitative estimate of drug-likeness (QED) is 0.510. The zero-order valence-electron chi connectivity index (χ0n) is 10.1. The first-order valence-electron chi connectivity index (χ1n) is 5.81. The number of likely N-dealkylation sites (N-methyl/N-ethyl adjacent to an activating group) is 1. The normalized spacial score (nSPS) is 10.6. The molecule has 0 heterocycles. The van der Waals surface area contributed by atoms with Gasteiger partial charge in [-0.25, -0.2) is 4.79 Å². The predicted molar refractivity (Wildman–Crippen MR) is 63.2 cm³/mol. The van der Waals surface area contributed by atoms with Crippen molar-refractivity contribution in [3.8, 4) is 0 Å². The van der Waals surface area contributed by atoms with Gasteiger partial charge in [0.2, 0.25) is 5.91 Å². The van der Waals surface area contributed by atoms with Crippen LogP contribution in [0.4, 0.5) is 0 Å². The third-order valence-electron chi connectivity index (χ3n) is 2.34. The Hall–Kier alpha value is -1.32. The highest BCUT2D eigenvalue weighted by Crippen LogP contribution is 2.02. The molecular weight excluding hydrogens is 206 g/mol. The van der Waals surface area contributed by atoms with Gasteiger partial charge in [-0.2, -0.15) is 0 Å². The van der Waals surface area contributed by atoms with Crippen molar-refractivity contribution in [2.75, 3.05) is 13.1 Å². The minimum absolute atomic E-state index is 0.221. The van der Waals surface area contributed by atoms with E-state index in [1.54, 1.807) is 4.90 Å². The van der Waals surface area contributed by atoms with Crippen molar-refractivity contribution in [2.24, 2.45) is 0 Å². The average Bonchev–Trinajstić information content (AvgIpc) is 2.26. The van der Waals surface area contributed by atoms with E-state index in [0.717, 1.165) is 25.0 Å². The smallest absolute Gasteiger partial charge is 0.328 e. The minimum Gasteiger partial charge on any atom is -0.478 e. The number of nitrogens with zero attached hydrogens (tertiary/aromatic N) is 1. The van der Waals surface area contributed by atoms with Crippen LogP contribution in [0.25, 0.3) is 0 Å². The van der Waals surface area contributed by atoms with Crippen molar-refractivity contribution in [2.45, 2.75) is 39.5 Å². The fraction of sp³-hybridized carbons (Fsp3) is 0.667. The zero-order valence-corrected chi connectivity index (χ0v) is 10.1. The number of hydrogen-bond donors (Lipinski definition) is 1. The van der Waals surface area contributed by atoms with Crippen LogP contribution in [0.3, 0.4) is 0 Å². The summed E-state index contributed by atoms with van der Waals surface area (Å²) in [6.45, 7) is 5.36. The van der Waals surface area contributed by atoms with Gasteiger partial charge in [-0.15, -0.1) is 0 Å². The maximum atomic E-state index is 11.5. The van der Waals surface area contributed by atoms with Gasteiger partial charge in [0.05, 0.1) is 0 Å². The van der Waals surface area contributed by atoms with Crippen molar-refractivity contribution in [3.05, 3.63) is 12.2 Å². The fourth-order valence-electron chi connectivity index (χ4n) is 1.40. The maximum absolute atomic E-state index is 11.5. The number of amides is 1. The third-order valence-corrected chi connectivity index (χ3v) is 2.34. The van der Waals surface area contributed by atoms with Gasteiger partial charge < -0.3 is 10.0 Å². The molecule has 0 fully saturated rings.